The number of hydrogen-bond donors (Lipinski definition) is 0. The molecule has 0 N–H and O–H groups in total. The first-order valence-corrected chi connectivity index (χ1v) is 11.7. The van der Waals surface area contributed by atoms with Gasteiger partial charge in [-0.1, -0.05) is 0 Å². The predicted octanol–water partition coefficient (Wildman–Crippen LogP) is 2.82. The molecule has 178 valence electrons. The summed E-state index contributed by atoms with van der Waals surface area (Å²) in [5.41, 5.74) is 5.10. The lowest BCUT2D eigenvalue weighted by molar-refractivity contribution is -0.00699. The van der Waals surface area contributed by atoms with Crippen LogP contribution in [-0.2, 0) is 32.0 Å². The summed E-state index contributed by atoms with van der Waals surface area (Å²) < 4.78 is 34.1. The topological polar surface area (TPSA) is 61.9 Å². The third-order valence-corrected chi connectivity index (χ3v) is 5.96. The van der Waals surface area contributed by atoms with E-state index in [1.165, 1.54) is 22.5 Å². The number of anilines is 2. The molecule has 0 fully saturated rings. The second kappa shape index (κ2) is 11.1. The Morgan fingerprint density at radius 1 is 0.485 bits per heavy atom. The average molecular weight is 457 g/mol. The summed E-state index contributed by atoms with van der Waals surface area (Å²) in [7, 11) is 0. The summed E-state index contributed by atoms with van der Waals surface area (Å²) in [6, 6.07) is 12.7. The standard InChI is InChI=1S/C25H32N2O6/c1-3-24-20-15-22(1)32-13-11-30-9-7-28-5-6-29-8-10-31-12-14-33-23-2-4-25-21(16-23)18-26(24)19-27(25)17-20/h1-4,15-16H,5-14,17-19H2. The van der Waals surface area contributed by atoms with Crippen molar-refractivity contribution in [1.29, 1.82) is 0 Å². The highest BCUT2D eigenvalue weighted by Gasteiger charge is 2.29. The van der Waals surface area contributed by atoms with E-state index >= 15 is 0 Å². The van der Waals surface area contributed by atoms with Gasteiger partial charge in [0.1, 0.15) is 24.7 Å². The third-order valence-electron chi connectivity index (χ3n) is 5.96. The van der Waals surface area contributed by atoms with Gasteiger partial charge in [0.15, 0.2) is 0 Å². The van der Waals surface area contributed by atoms with Gasteiger partial charge in [0.05, 0.1) is 59.5 Å². The Kier molecular flexibility index (Phi) is 7.47. The summed E-state index contributed by atoms with van der Waals surface area (Å²) in [5.74, 6) is 1.76. The number of rotatable bonds is 0. The molecule has 6 heterocycles. The Balaban J connectivity index is 1.27. The van der Waals surface area contributed by atoms with Crippen LogP contribution in [-0.4, -0.2) is 72.7 Å². The maximum absolute atomic E-state index is 5.93. The fourth-order valence-corrected chi connectivity index (χ4v) is 4.41. The van der Waals surface area contributed by atoms with Gasteiger partial charge in [0.2, 0.25) is 0 Å². The zero-order valence-electron chi connectivity index (χ0n) is 19.0. The van der Waals surface area contributed by atoms with Gasteiger partial charge in [-0.05, 0) is 47.5 Å². The molecular weight excluding hydrogens is 424 g/mol. The van der Waals surface area contributed by atoms with Crippen LogP contribution in [0.2, 0.25) is 0 Å². The van der Waals surface area contributed by atoms with Crippen molar-refractivity contribution < 1.29 is 28.4 Å². The molecule has 0 radical (unpaired) electrons. The lowest BCUT2D eigenvalue weighted by Gasteiger charge is -2.44. The molecule has 2 aromatic carbocycles. The van der Waals surface area contributed by atoms with Gasteiger partial charge in [0, 0.05) is 24.5 Å². The van der Waals surface area contributed by atoms with Crippen LogP contribution in [0.3, 0.4) is 0 Å². The molecule has 6 aliphatic rings. The van der Waals surface area contributed by atoms with E-state index in [1.807, 2.05) is 12.1 Å². The van der Waals surface area contributed by atoms with Crippen LogP contribution in [0, 0.1) is 0 Å². The molecule has 0 spiro atoms. The van der Waals surface area contributed by atoms with Gasteiger partial charge in [0.25, 0.3) is 0 Å². The molecule has 6 aliphatic heterocycles. The van der Waals surface area contributed by atoms with Gasteiger partial charge < -0.3 is 38.2 Å². The zero-order valence-corrected chi connectivity index (χ0v) is 19.0. The van der Waals surface area contributed by atoms with E-state index in [4.69, 9.17) is 28.4 Å². The Hall–Kier alpha value is -2.52. The number of hydrogen-bond acceptors (Lipinski definition) is 8. The van der Waals surface area contributed by atoms with Gasteiger partial charge in [-0.25, -0.2) is 0 Å². The molecule has 0 saturated carbocycles. The molecule has 0 aliphatic carbocycles. The first-order valence-electron chi connectivity index (χ1n) is 11.7. The molecule has 0 amide bonds. The minimum absolute atomic E-state index is 0.515. The molecule has 8 heteroatoms. The van der Waals surface area contributed by atoms with Gasteiger partial charge in [-0.2, -0.15) is 0 Å². The van der Waals surface area contributed by atoms with E-state index in [-0.39, 0.29) is 0 Å². The van der Waals surface area contributed by atoms with E-state index in [0.717, 1.165) is 31.3 Å². The Bertz CT molecular complexity index is 850. The van der Waals surface area contributed by atoms with E-state index in [1.54, 1.807) is 0 Å². The third kappa shape index (κ3) is 5.70. The Labute approximate surface area is 194 Å². The highest BCUT2D eigenvalue weighted by molar-refractivity contribution is 5.69. The van der Waals surface area contributed by atoms with Crippen molar-refractivity contribution in [2.45, 2.75) is 13.1 Å². The summed E-state index contributed by atoms with van der Waals surface area (Å²) in [4.78, 5) is 4.81. The Morgan fingerprint density at radius 3 is 1.30 bits per heavy atom. The van der Waals surface area contributed by atoms with Crippen molar-refractivity contribution in [1.82, 2.24) is 0 Å². The second-order valence-corrected chi connectivity index (χ2v) is 8.26. The van der Waals surface area contributed by atoms with Crippen LogP contribution < -0.4 is 19.3 Å². The number of ether oxygens (including phenoxy) is 6. The monoisotopic (exact) mass is 456 g/mol. The first kappa shape index (κ1) is 22.3. The summed E-state index contributed by atoms with van der Waals surface area (Å²) in [6.07, 6.45) is 0. The molecular formula is C25H32N2O6. The van der Waals surface area contributed by atoms with Crippen molar-refractivity contribution in [3.05, 3.63) is 47.5 Å². The Morgan fingerprint density at radius 2 is 0.879 bits per heavy atom. The fraction of sp³-hybridized carbons (Fsp3) is 0.520. The van der Waals surface area contributed by atoms with Crippen LogP contribution in [0.4, 0.5) is 11.4 Å². The predicted molar refractivity (Wildman–Crippen MR) is 124 cm³/mol. The van der Waals surface area contributed by atoms with Crippen molar-refractivity contribution in [3.63, 3.8) is 0 Å². The largest absolute Gasteiger partial charge is 0.491 e. The van der Waals surface area contributed by atoms with Crippen LogP contribution in [0.1, 0.15) is 11.1 Å². The minimum Gasteiger partial charge on any atom is -0.491 e. The van der Waals surface area contributed by atoms with E-state index in [9.17, 15) is 0 Å². The van der Waals surface area contributed by atoms with Crippen molar-refractivity contribution >= 4 is 11.4 Å². The minimum atomic E-state index is 0.515. The van der Waals surface area contributed by atoms with Gasteiger partial charge >= 0.3 is 0 Å². The molecule has 0 saturated heterocycles. The van der Waals surface area contributed by atoms with Crippen molar-refractivity contribution in [2.24, 2.45) is 0 Å². The van der Waals surface area contributed by atoms with E-state index < -0.39 is 0 Å². The molecule has 8 rings (SSSR count). The number of nitrogens with zero attached hydrogens (tertiary/aromatic N) is 2. The molecule has 8 nitrogen and oxygen atoms in total. The maximum Gasteiger partial charge on any atom is 0.119 e. The van der Waals surface area contributed by atoms with Gasteiger partial charge in [-0.3, -0.25) is 0 Å². The normalized spacial score (nSPS) is 20.2. The zero-order chi connectivity index (χ0) is 22.3. The van der Waals surface area contributed by atoms with Gasteiger partial charge in [-0.15, -0.1) is 0 Å². The van der Waals surface area contributed by atoms with Crippen LogP contribution >= 0.6 is 0 Å². The summed E-state index contributed by atoms with van der Waals surface area (Å²) in [6.45, 7) is 7.98. The van der Waals surface area contributed by atoms with Crippen LogP contribution in [0.25, 0.3) is 0 Å². The van der Waals surface area contributed by atoms with Crippen LogP contribution in [0.5, 0.6) is 11.5 Å². The quantitative estimate of drug-likeness (QED) is 0.600. The van der Waals surface area contributed by atoms with Crippen LogP contribution in [0.15, 0.2) is 36.4 Å². The molecule has 0 atom stereocenters. The average Bonchev–Trinajstić information content (AvgIpc) is 2.83. The van der Waals surface area contributed by atoms with E-state index in [0.29, 0.717) is 66.1 Å². The molecule has 33 heavy (non-hydrogen) atoms. The fourth-order valence-electron chi connectivity index (χ4n) is 4.41. The number of benzene rings is 2. The smallest absolute Gasteiger partial charge is 0.119 e. The van der Waals surface area contributed by atoms with Crippen molar-refractivity contribution in [3.8, 4) is 11.5 Å². The SMILES string of the molecule is c1cc2c3cc1OCCOCCOCCOCCOCCOc1ccc4c(c1)CN2CN4C3. The highest BCUT2D eigenvalue weighted by Crippen LogP contribution is 2.40. The number of fused-ring (bicyclic) bond motifs is 2. The molecule has 2 aromatic rings. The van der Waals surface area contributed by atoms with E-state index in [2.05, 4.69) is 34.1 Å². The molecule has 8 bridgehead atoms. The summed E-state index contributed by atoms with van der Waals surface area (Å²) >= 11 is 0. The summed E-state index contributed by atoms with van der Waals surface area (Å²) in [5, 5.41) is 0. The molecule has 0 unspecified atom stereocenters. The second-order valence-electron chi connectivity index (χ2n) is 8.26. The first-order chi connectivity index (χ1) is 16.4. The maximum atomic E-state index is 5.93. The highest BCUT2D eigenvalue weighted by atomic mass is 16.6. The lowest BCUT2D eigenvalue weighted by atomic mass is 10.0. The molecule has 0 aromatic heterocycles. The lowest BCUT2D eigenvalue weighted by Crippen LogP contribution is -2.46. The van der Waals surface area contributed by atoms with Crippen molar-refractivity contribution in [2.75, 3.05) is 82.5 Å².